The Morgan fingerprint density at radius 3 is 2.00 bits per heavy atom. The van der Waals surface area contributed by atoms with Gasteiger partial charge in [0.2, 0.25) is 0 Å². The van der Waals surface area contributed by atoms with Crippen LogP contribution in [-0.2, 0) is 32.7 Å². The van der Waals surface area contributed by atoms with Gasteiger partial charge in [-0.2, -0.15) is 0 Å². The molecule has 0 heterocycles. The van der Waals surface area contributed by atoms with Crippen molar-refractivity contribution >= 4 is 19.8 Å². The first-order chi connectivity index (χ1) is 17.9. The van der Waals surface area contributed by atoms with Crippen molar-refractivity contribution in [2.24, 2.45) is 0 Å². The van der Waals surface area contributed by atoms with E-state index in [1.54, 1.807) is 0 Å². The minimum atomic E-state index is -4.59. The molecule has 10 heteroatoms. The zero-order chi connectivity index (χ0) is 28.7. The lowest BCUT2D eigenvalue weighted by atomic mass is 10.2. The molecule has 0 fully saturated rings. The third kappa shape index (κ3) is 25.6. The van der Waals surface area contributed by atoms with E-state index in [-0.39, 0.29) is 19.6 Å². The fraction of sp³-hybridized carbons (Fsp3) is 0.643. The van der Waals surface area contributed by atoms with Crippen LogP contribution in [0.1, 0.15) is 65.2 Å². The number of likely N-dealkylation sites (N-methyl/N-ethyl adjacent to an activating group) is 1. The van der Waals surface area contributed by atoms with E-state index in [1.165, 1.54) is 6.92 Å². The van der Waals surface area contributed by atoms with Gasteiger partial charge in [0.05, 0.1) is 27.7 Å². The predicted molar refractivity (Wildman–Crippen MR) is 148 cm³/mol. The smallest absolute Gasteiger partial charge is 0.306 e. The van der Waals surface area contributed by atoms with E-state index in [0.29, 0.717) is 17.4 Å². The summed E-state index contributed by atoms with van der Waals surface area (Å²) >= 11 is 0. The lowest BCUT2D eigenvalue weighted by Gasteiger charge is -2.28. The second-order valence-electron chi connectivity index (χ2n) is 9.75. The van der Waals surface area contributed by atoms with Crippen LogP contribution < -0.4 is 4.89 Å². The third-order valence-electron chi connectivity index (χ3n) is 4.92. The molecule has 0 spiro atoms. The van der Waals surface area contributed by atoms with Gasteiger partial charge in [-0.25, -0.2) is 0 Å². The summed E-state index contributed by atoms with van der Waals surface area (Å²) in [7, 11) is 1.11. The molecule has 0 rings (SSSR count). The van der Waals surface area contributed by atoms with Crippen LogP contribution in [-0.4, -0.2) is 70.0 Å². The quantitative estimate of drug-likeness (QED) is 0.0599. The Labute approximate surface area is 229 Å². The van der Waals surface area contributed by atoms with Gasteiger partial charge in [-0.15, -0.1) is 0 Å². The number of nitrogens with zero attached hydrogens (tertiary/aromatic N) is 1. The van der Waals surface area contributed by atoms with Gasteiger partial charge in [0.25, 0.3) is 7.82 Å². The van der Waals surface area contributed by atoms with E-state index in [2.05, 4.69) is 55.5 Å². The normalized spacial score (nSPS) is 15.0. The maximum Gasteiger partial charge on any atom is 0.306 e. The van der Waals surface area contributed by atoms with E-state index < -0.39 is 32.5 Å². The van der Waals surface area contributed by atoms with Crippen molar-refractivity contribution < 1.29 is 42.1 Å². The molecule has 0 aliphatic carbocycles. The second kappa shape index (κ2) is 21.9. The van der Waals surface area contributed by atoms with Crippen LogP contribution in [0, 0.1) is 0 Å². The molecule has 38 heavy (non-hydrogen) atoms. The monoisotopic (exact) mass is 557 g/mol. The number of unbranched alkanes of at least 4 members (excludes halogenated alkanes) is 2. The summed E-state index contributed by atoms with van der Waals surface area (Å²) in [6, 6.07) is 0. The summed E-state index contributed by atoms with van der Waals surface area (Å²) in [4.78, 5) is 35.3. The maximum absolute atomic E-state index is 12.2. The molecule has 0 aliphatic heterocycles. The SMILES string of the molecule is CC/C=C\C/C=C\C/C=C\C/C=C\CCCCC(=O)OC(COC(C)=O)COP(=O)([O-])OCC[N+](C)(C)C. The number of hydrogen-bond donors (Lipinski definition) is 0. The number of carbonyl (C=O) groups excluding carboxylic acids is 2. The standard InChI is InChI=1S/C28H48NO8P/c1-6-7-8-9-10-11-12-13-14-15-16-17-18-19-20-21-28(31)37-27(24-34-26(2)30)25-36-38(32,33)35-23-22-29(3,4)5/h7-8,10-11,13-14,16-17,27H,6,9,12,15,18-25H2,1-5H3/b8-7-,11-10-,14-13-,17-16-. The summed E-state index contributed by atoms with van der Waals surface area (Å²) < 4.78 is 32.4. The predicted octanol–water partition coefficient (Wildman–Crippen LogP) is 5.03. The molecule has 2 atom stereocenters. The number of phosphoric acid groups is 1. The maximum atomic E-state index is 12.2. The average molecular weight is 558 g/mol. The van der Waals surface area contributed by atoms with Crippen molar-refractivity contribution in [2.75, 3.05) is 47.5 Å². The minimum Gasteiger partial charge on any atom is -0.756 e. The van der Waals surface area contributed by atoms with E-state index in [1.807, 2.05) is 21.1 Å². The van der Waals surface area contributed by atoms with Crippen molar-refractivity contribution in [3.63, 3.8) is 0 Å². The number of quaternary nitrogens is 1. The van der Waals surface area contributed by atoms with Crippen LogP contribution in [0.4, 0.5) is 0 Å². The lowest BCUT2D eigenvalue weighted by Crippen LogP contribution is -2.37. The van der Waals surface area contributed by atoms with Gasteiger partial charge in [-0.1, -0.05) is 55.5 Å². The number of ether oxygens (including phenoxy) is 2. The Bertz CT molecular complexity index is 814. The van der Waals surface area contributed by atoms with Crippen LogP contribution in [0.5, 0.6) is 0 Å². The van der Waals surface area contributed by atoms with Gasteiger partial charge in [-0.3, -0.25) is 14.2 Å². The van der Waals surface area contributed by atoms with Crippen molar-refractivity contribution in [1.82, 2.24) is 0 Å². The molecule has 0 radical (unpaired) electrons. The molecule has 218 valence electrons. The van der Waals surface area contributed by atoms with Gasteiger partial charge in [0.15, 0.2) is 6.10 Å². The van der Waals surface area contributed by atoms with Gasteiger partial charge >= 0.3 is 11.9 Å². The summed E-state index contributed by atoms with van der Waals surface area (Å²) in [6.07, 6.45) is 22.3. The summed E-state index contributed by atoms with van der Waals surface area (Å²) in [5.74, 6) is -1.09. The minimum absolute atomic E-state index is 0.0437. The number of rotatable bonds is 22. The topological polar surface area (TPSA) is 111 Å². The van der Waals surface area contributed by atoms with Crippen molar-refractivity contribution in [3.8, 4) is 0 Å². The summed E-state index contributed by atoms with van der Waals surface area (Å²) in [5.41, 5.74) is 0. The lowest BCUT2D eigenvalue weighted by molar-refractivity contribution is -0.870. The molecule has 0 amide bonds. The van der Waals surface area contributed by atoms with Crippen LogP contribution in [0.3, 0.4) is 0 Å². The summed E-state index contributed by atoms with van der Waals surface area (Å²) in [5, 5.41) is 0. The highest BCUT2D eigenvalue weighted by Gasteiger charge is 2.21. The average Bonchev–Trinajstić information content (AvgIpc) is 2.82. The Kier molecular flexibility index (Phi) is 20.7. The molecule has 2 unspecified atom stereocenters. The van der Waals surface area contributed by atoms with Crippen molar-refractivity contribution in [3.05, 3.63) is 48.6 Å². The second-order valence-corrected chi connectivity index (χ2v) is 11.2. The molecule has 0 saturated carbocycles. The molecule has 0 saturated heterocycles. The number of allylic oxidation sites excluding steroid dienone is 8. The van der Waals surface area contributed by atoms with Gasteiger partial charge in [-0.05, 0) is 44.9 Å². The molecular formula is C28H48NO8P. The van der Waals surface area contributed by atoms with Gasteiger partial charge in [0.1, 0.15) is 19.8 Å². The number of carbonyl (C=O) groups is 2. The highest BCUT2D eigenvalue weighted by Crippen LogP contribution is 2.38. The Morgan fingerprint density at radius 1 is 0.868 bits per heavy atom. The van der Waals surface area contributed by atoms with E-state index in [9.17, 15) is 19.0 Å². The van der Waals surface area contributed by atoms with Crippen LogP contribution >= 0.6 is 7.82 Å². The van der Waals surface area contributed by atoms with Gasteiger partial charge in [0, 0.05) is 13.3 Å². The fourth-order valence-corrected chi connectivity index (χ4v) is 3.57. The van der Waals surface area contributed by atoms with Crippen molar-refractivity contribution in [1.29, 1.82) is 0 Å². The first-order valence-electron chi connectivity index (χ1n) is 13.3. The molecule has 0 bridgehead atoms. The molecule has 9 nitrogen and oxygen atoms in total. The number of phosphoric ester groups is 1. The molecular weight excluding hydrogens is 509 g/mol. The Morgan fingerprint density at radius 2 is 1.45 bits per heavy atom. The molecule has 0 N–H and O–H groups in total. The van der Waals surface area contributed by atoms with E-state index in [4.69, 9.17) is 18.5 Å². The summed E-state index contributed by atoms with van der Waals surface area (Å²) in [6.45, 7) is 2.95. The molecule has 0 aromatic heterocycles. The fourth-order valence-electron chi connectivity index (χ4n) is 2.84. The van der Waals surface area contributed by atoms with Crippen LogP contribution in [0.25, 0.3) is 0 Å². The first-order valence-corrected chi connectivity index (χ1v) is 14.7. The van der Waals surface area contributed by atoms with Crippen molar-refractivity contribution in [2.45, 2.75) is 71.3 Å². The van der Waals surface area contributed by atoms with Gasteiger partial charge < -0.3 is 27.9 Å². The molecule has 0 aliphatic rings. The zero-order valence-electron chi connectivity index (χ0n) is 23.8. The third-order valence-corrected chi connectivity index (χ3v) is 5.89. The molecule has 0 aromatic carbocycles. The Hall–Kier alpha value is -2.03. The van der Waals surface area contributed by atoms with Crippen LogP contribution in [0.2, 0.25) is 0 Å². The largest absolute Gasteiger partial charge is 0.756 e. The zero-order valence-corrected chi connectivity index (χ0v) is 24.7. The highest BCUT2D eigenvalue weighted by molar-refractivity contribution is 7.45. The number of hydrogen-bond acceptors (Lipinski definition) is 8. The molecule has 0 aromatic rings. The number of esters is 2. The van der Waals surface area contributed by atoms with Crippen LogP contribution in [0.15, 0.2) is 48.6 Å². The van der Waals surface area contributed by atoms with E-state index in [0.717, 1.165) is 38.5 Å². The first kappa shape index (κ1) is 36.0. The highest BCUT2D eigenvalue weighted by atomic mass is 31.2. The van der Waals surface area contributed by atoms with E-state index >= 15 is 0 Å². The Balaban J connectivity index is 4.24.